The van der Waals surface area contributed by atoms with Crippen molar-refractivity contribution in [2.45, 2.75) is 6.92 Å². The highest BCUT2D eigenvalue weighted by molar-refractivity contribution is 6.03. The molecule has 2 heterocycles. The van der Waals surface area contributed by atoms with Gasteiger partial charge in [-0.1, -0.05) is 29.8 Å². The molecule has 1 aromatic carbocycles. The van der Waals surface area contributed by atoms with E-state index in [2.05, 4.69) is 15.3 Å². The van der Waals surface area contributed by atoms with Gasteiger partial charge in [0, 0.05) is 12.3 Å². The Morgan fingerprint density at radius 2 is 1.79 bits per heavy atom. The van der Waals surface area contributed by atoms with Crippen molar-refractivity contribution >= 4 is 11.6 Å². The summed E-state index contributed by atoms with van der Waals surface area (Å²) in [6.07, 6.45) is 3.18. The van der Waals surface area contributed by atoms with Gasteiger partial charge in [-0.25, -0.2) is 4.98 Å². The summed E-state index contributed by atoms with van der Waals surface area (Å²) in [6.45, 7) is 2.04. The predicted octanol–water partition coefficient (Wildman–Crippen LogP) is 3.71. The van der Waals surface area contributed by atoms with Crippen LogP contribution < -0.4 is 10.1 Å². The summed E-state index contributed by atoms with van der Waals surface area (Å²) in [5, 5.41) is 2.78. The molecule has 1 amide bonds. The van der Waals surface area contributed by atoms with Crippen LogP contribution in [0.1, 0.15) is 16.1 Å². The number of aromatic nitrogens is 2. The molecule has 0 radical (unpaired) electrons. The van der Waals surface area contributed by atoms with Crippen LogP contribution in [-0.4, -0.2) is 23.0 Å². The molecule has 2 aromatic heterocycles. The number of methoxy groups -OCH3 is 1. The van der Waals surface area contributed by atoms with E-state index >= 15 is 0 Å². The first kappa shape index (κ1) is 15.7. The van der Waals surface area contributed by atoms with Gasteiger partial charge in [0.1, 0.15) is 5.69 Å². The quantitative estimate of drug-likeness (QED) is 0.796. The van der Waals surface area contributed by atoms with E-state index in [9.17, 15) is 4.79 Å². The number of carbonyl (C=O) groups excluding carboxylic acids is 1. The second-order valence-electron chi connectivity index (χ2n) is 5.34. The zero-order valence-electron chi connectivity index (χ0n) is 13.5. The number of benzene rings is 1. The fourth-order valence-corrected chi connectivity index (χ4v) is 2.25. The third-order valence-electron chi connectivity index (χ3n) is 3.58. The molecule has 24 heavy (non-hydrogen) atoms. The molecular weight excluding hydrogens is 302 g/mol. The molecule has 0 saturated carbocycles. The Morgan fingerprint density at radius 1 is 1.00 bits per heavy atom. The van der Waals surface area contributed by atoms with Crippen LogP contribution in [0.25, 0.3) is 11.1 Å². The minimum absolute atomic E-state index is 0.282. The van der Waals surface area contributed by atoms with Crippen LogP contribution in [0.3, 0.4) is 0 Å². The summed E-state index contributed by atoms with van der Waals surface area (Å²) >= 11 is 0. The highest BCUT2D eigenvalue weighted by Crippen LogP contribution is 2.20. The van der Waals surface area contributed by atoms with Crippen LogP contribution in [0.2, 0.25) is 0 Å². The molecule has 5 heteroatoms. The normalized spacial score (nSPS) is 10.2. The van der Waals surface area contributed by atoms with E-state index in [0.29, 0.717) is 17.3 Å². The number of pyridine rings is 2. The van der Waals surface area contributed by atoms with Gasteiger partial charge in [0.05, 0.1) is 19.0 Å². The topological polar surface area (TPSA) is 64.1 Å². The van der Waals surface area contributed by atoms with Crippen LogP contribution in [0.4, 0.5) is 5.69 Å². The Hall–Kier alpha value is -3.21. The summed E-state index contributed by atoms with van der Waals surface area (Å²) in [6, 6.07) is 15.2. The molecule has 3 aromatic rings. The van der Waals surface area contributed by atoms with E-state index in [-0.39, 0.29) is 5.91 Å². The van der Waals surface area contributed by atoms with Gasteiger partial charge in [0.25, 0.3) is 5.91 Å². The summed E-state index contributed by atoms with van der Waals surface area (Å²) in [5.41, 5.74) is 4.12. The Morgan fingerprint density at radius 3 is 2.46 bits per heavy atom. The number of aryl methyl sites for hydroxylation is 1. The molecule has 0 aliphatic rings. The number of nitrogens with one attached hydrogen (secondary N) is 1. The van der Waals surface area contributed by atoms with E-state index < -0.39 is 0 Å². The number of carbonyl (C=O) groups is 1. The molecular formula is C19H17N3O2. The average Bonchev–Trinajstić information content (AvgIpc) is 2.63. The largest absolute Gasteiger partial charge is 0.481 e. The van der Waals surface area contributed by atoms with E-state index in [4.69, 9.17) is 4.74 Å². The Kier molecular flexibility index (Phi) is 4.52. The average molecular weight is 319 g/mol. The molecule has 0 fully saturated rings. The Bertz CT molecular complexity index is 843. The number of amides is 1. The molecule has 0 bridgehead atoms. The molecule has 0 atom stereocenters. The first-order valence-electron chi connectivity index (χ1n) is 7.50. The van der Waals surface area contributed by atoms with Crippen LogP contribution in [0.5, 0.6) is 5.88 Å². The van der Waals surface area contributed by atoms with Crippen molar-refractivity contribution in [3.05, 3.63) is 72.2 Å². The third kappa shape index (κ3) is 3.57. The Balaban J connectivity index is 1.79. The zero-order chi connectivity index (χ0) is 16.9. The first-order valence-corrected chi connectivity index (χ1v) is 7.50. The van der Waals surface area contributed by atoms with Crippen molar-refractivity contribution < 1.29 is 9.53 Å². The van der Waals surface area contributed by atoms with E-state index in [0.717, 1.165) is 11.1 Å². The van der Waals surface area contributed by atoms with Gasteiger partial charge in [-0.3, -0.25) is 9.78 Å². The number of rotatable bonds is 4. The molecule has 0 aliphatic carbocycles. The summed E-state index contributed by atoms with van der Waals surface area (Å²) in [7, 11) is 1.54. The van der Waals surface area contributed by atoms with Gasteiger partial charge in [0.2, 0.25) is 5.88 Å². The van der Waals surface area contributed by atoms with Gasteiger partial charge in [0.15, 0.2) is 0 Å². The molecule has 0 saturated heterocycles. The third-order valence-corrected chi connectivity index (χ3v) is 3.58. The molecule has 0 spiro atoms. The number of anilines is 1. The summed E-state index contributed by atoms with van der Waals surface area (Å²) < 4.78 is 5.00. The zero-order valence-corrected chi connectivity index (χ0v) is 13.5. The number of ether oxygens (including phenoxy) is 1. The van der Waals surface area contributed by atoms with Crippen molar-refractivity contribution in [2.24, 2.45) is 0 Å². The monoisotopic (exact) mass is 319 g/mol. The van der Waals surface area contributed by atoms with Gasteiger partial charge < -0.3 is 10.1 Å². The lowest BCUT2D eigenvalue weighted by Gasteiger charge is -2.07. The number of nitrogens with zero attached hydrogens (tertiary/aromatic N) is 2. The minimum atomic E-state index is -0.282. The van der Waals surface area contributed by atoms with Crippen molar-refractivity contribution in [3.63, 3.8) is 0 Å². The fraction of sp³-hybridized carbons (Fsp3) is 0.105. The molecule has 120 valence electrons. The van der Waals surface area contributed by atoms with E-state index in [1.807, 2.05) is 37.3 Å². The summed E-state index contributed by atoms with van der Waals surface area (Å²) in [4.78, 5) is 20.6. The van der Waals surface area contributed by atoms with Gasteiger partial charge in [-0.15, -0.1) is 0 Å². The SMILES string of the molecule is COc1ccc(NC(=O)c2cc(-c3ccc(C)cc3)ccn2)cn1. The van der Waals surface area contributed by atoms with Crippen molar-refractivity contribution in [1.82, 2.24) is 9.97 Å². The molecule has 5 nitrogen and oxygen atoms in total. The second kappa shape index (κ2) is 6.91. The van der Waals surface area contributed by atoms with Crippen molar-refractivity contribution in [3.8, 4) is 17.0 Å². The molecule has 0 aliphatic heterocycles. The smallest absolute Gasteiger partial charge is 0.274 e. The standard InChI is InChI=1S/C19H17N3O2/c1-13-3-5-14(6-4-13)15-9-10-20-17(11-15)19(23)22-16-7-8-18(24-2)21-12-16/h3-12H,1-2H3,(H,22,23). The predicted molar refractivity (Wildman–Crippen MR) is 93.2 cm³/mol. The maximum absolute atomic E-state index is 12.4. The van der Waals surface area contributed by atoms with E-state index in [1.54, 1.807) is 37.7 Å². The van der Waals surface area contributed by atoms with Crippen LogP contribution in [0.15, 0.2) is 60.9 Å². The first-order chi connectivity index (χ1) is 11.7. The number of hydrogen-bond donors (Lipinski definition) is 1. The van der Waals surface area contributed by atoms with Gasteiger partial charge >= 0.3 is 0 Å². The lowest BCUT2D eigenvalue weighted by Crippen LogP contribution is -2.13. The van der Waals surface area contributed by atoms with Crippen molar-refractivity contribution in [2.75, 3.05) is 12.4 Å². The van der Waals surface area contributed by atoms with Gasteiger partial charge in [-0.05, 0) is 36.2 Å². The lowest BCUT2D eigenvalue weighted by molar-refractivity contribution is 0.102. The molecule has 0 unspecified atom stereocenters. The van der Waals surface area contributed by atoms with Crippen LogP contribution in [-0.2, 0) is 0 Å². The van der Waals surface area contributed by atoms with Crippen molar-refractivity contribution in [1.29, 1.82) is 0 Å². The number of hydrogen-bond acceptors (Lipinski definition) is 4. The minimum Gasteiger partial charge on any atom is -0.481 e. The highest BCUT2D eigenvalue weighted by Gasteiger charge is 2.09. The second-order valence-corrected chi connectivity index (χ2v) is 5.34. The molecule has 1 N–H and O–H groups in total. The Labute approximate surface area is 140 Å². The fourth-order valence-electron chi connectivity index (χ4n) is 2.25. The lowest BCUT2D eigenvalue weighted by atomic mass is 10.0. The maximum Gasteiger partial charge on any atom is 0.274 e. The van der Waals surface area contributed by atoms with Crippen LogP contribution >= 0.6 is 0 Å². The van der Waals surface area contributed by atoms with Crippen LogP contribution in [0, 0.1) is 6.92 Å². The van der Waals surface area contributed by atoms with E-state index in [1.165, 1.54) is 5.56 Å². The summed E-state index contributed by atoms with van der Waals surface area (Å²) in [5.74, 6) is 0.212. The maximum atomic E-state index is 12.4. The van der Waals surface area contributed by atoms with Gasteiger partial charge in [-0.2, -0.15) is 0 Å². The highest BCUT2D eigenvalue weighted by atomic mass is 16.5. The molecule has 3 rings (SSSR count).